The molecule has 18 heavy (non-hydrogen) atoms. The maximum absolute atomic E-state index is 12.6. The summed E-state index contributed by atoms with van der Waals surface area (Å²) in [4.78, 5) is 9.29. The number of nitrogens with zero attached hydrogens (tertiary/aromatic N) is 3. The van der Waals surface area contributed by atoms with E-state index in [4.69, 9.17) is 0 Å². The summed E-state index contributed by atoms with van der Waals surface area (Å²) >= 11 is 0. The molecule has 7 heteroatoms. The molecule has 1 aliphatic heterocycles. The van der Waals surface area contributed by atoms with Gasteiger partial charge in [0.1, 0.15) is 5.69 Å². The van der Waals surface area contributed by atoms with Crippen LogP contribution >= 0.6 is 0 Å². The Kier molecular flexibility index (Phi) is 3.18. The van der Waals surface area contributed by atoms with Crippen LogP contribution in [-0.2, 0) is 6.18 Å². The number of halogens is 3. The van der Waals surface area contributed by atoms with Gasteiger partial charge in [-0.15, -0.1) is 0 Å². The predicted molar refractivity (Wildman–Crippen MR) is 61.3 cm³/mol. The topological polar surface area (TPSA) is 41.1 Å². The van der Waals surface area contributed by atoms with Crippen LogP contribution in [0.1, 0.15) is 19.5 Å². The Morgan fingerprint density at radius 3 is 2.72 bits per heavy atom. The Morgan fingerprint density at radius 2 is 2.11 bits per heavy atom. The van der Waals surface area contributed by atoms with Crippen LogP contribution in [0, 0.1) is 0 Å². The second kappa shape index (κ2) is 4.38. The molecule has 0 saturated carbocycles. The van der Waals surface area contributed by atoms with Crippen LogP contribution < -0.4 is 10.2 Å². The lowest BCUT2D eigenvalue weighted by Gasteiger charge is -2.39. The number of alkyl halides is 3. The van der Waals surface area contributed by atoms with Crippen LogP contribution in [0.4, 0.5) is 19.1 Å². The number of piperazine rings is 1. The van der Waals surface area contributed by atoms with Crippen molar-refractivity contribution in [2.45, 2.75) is 25.6 Å². The summed E-state index contributed by atoms with van der Waals surface area (Å²) in [6, 6.07) is 0.886. The summed E-state index contributed by atoms with van der Waals surface area (Å²) < 4.78 is 37.7. The molecular formula is C11H15F3N4. The molecule has 100 valence electrons. The van der Waals surface area contributed by atoms with E-state index < -0.39 is 11.9 Å². The molecule has 0 unspecified atom stereocenters. The minimum absolute atomic E-state index is 0.138. The van der Waals surface area contributed by atoms with E-state index in [2.05, 4.69) is 15.3 Å². The monoisotopic (exact) mass is 260 g/mol. The van der Waals surface area contributed by atoms with E-state index in [1.807, 2.05) is 13.8 Å². The second-order valence-corrected chi connectivity index (χ2v) is 4.97. The summed E-state index contributed by atoms with van der Waals surface area (Å²) in [5.41, 5.74) is -1.06. The lowest BCUT2D eigenvalue weighted by atomic mass is 10.0. The molecule has 2 heterocycles. The second-order valence-electron chi connectivity index (χ2n) is 4.97. The zero-order valence-electron chi connectivity index (χ0n) is 10.3. The summed E-state index contributed by atoms with van der Waals surface area (Å²) in [6.45, 7) is 5.87. The maximum Gasteiger partial charge on any atom is 0.433 e. The smallest absolute Gasteiger partial charge is 0.338 e. The van der Waals surface area contributed by atoms with Crippen molar-refractivity contribution in [3.8, 4) is 0 Å². The molecule has 0 radical (unpaired) electrons. The lowest BCUT2D eigenvalue weighted by Crippen LogP contribution is -2.57. The SMILES string of the molecule is CC1(C)CN(c2nccc(C(F)(F)F)n2)CCN1. The number of nitrogens with one attached hydrogen (secondary N) is 1. The van der Waals surface area contributed by atoms with E-state index in [0.29, 0.717) is 19.6 Å². The van der Waals surface area contributed by atoms with E-state index in [1.54, 1.807) is 4.90 Å². The number of hydrogen-bond acceptors (Lipinski definition) is 4. The Hall–Kier alpha value is -1.37. The number of anilines is 1. The Balaban J connectivity index is 2.23. The quantitative estimate of drug-likeness (QED) is 0.834. The summed E-state index contributed by atoms with van der Waals surface area (Å²) in [5, 5.41) is 3.28. The Bertz CT molecular complexity index is 431. The van der Waals surface area contributed by atoms with E-state index in [0.717, 1.165) is 12.3 Å². The fourth-order valence-electron chi connectivity index (χ4n) is 1.97. The highest BCUT2D eigenvalue weighted by atomic mass is 19.4. The number of rotatable bonds is 1. The molecule has 0 amide bonds. The molecule has 0 atom stereocenters. The van der Waals surface area contributed by atoms with Gasteiger partial charge in [0.05, 0.1) is 0 Å². The molecule has 1 fully saturated rings. The van der Waals surface area contributed by atoms with Gasteiger partial charge >= 0.3 is 6.18 Å². The van der Waals surface area contributed by atoms with Crippen LogP contribution in [0.15, 0.2) is 12.3 Å². The molecule has 0 aliphatic carbocycles. The Labute approximate surface area is 103 Å². The molecule has 1 aromatic heterocycles. The fourth-order valence-corrected chi connectivity index (χ4v) is 1.97. The van der Waals surface area contributed by atoms with Gasteiger partial charge in [0.2, 0.25) is 5.95 Å². The van der Waals surface area contributed by atoms with Crippen LogP contribution in [0.2, 0.25) is 0 Å². The highest BCUT2D eigenvalue weighted by Gasteiger charge is 2.34. The summed E-state index contributed by atoms with van der Waals surface area (Å²) in [5.74, 6) is 0.138. The molecule has 1 N–H and O–H groups in total. The highest BCUT2D eigenvalue weighted by Crippen LogP contribution is 2.28. The van der Waals surface area contributed by atoms with E-state index in [9.17, 15) is 13.2 Å². The van der Waals surface area contributed by atoms with E-state index >= 15 is 0 Å². The van der Waals surface area contributed by atoms with Gasteiger partial charge in [-0.2, -0.15) is 13.2 Å². The molecule has 1 aromatic rings. The molecule has 4 nitrogen and oxygen atoms in total. The Morgan fingerprint density at radius 1 is 1.39 bits per heavy atom. The first-order chi connectivity index (χ1) is 8.28. The third-order valence-corrected chi connectivity index (χ3v) is 2.79. The van der Waals surface area contributed by atoms with Gasteiger partial charge in [-0.1, -0.05) is 0 Å². The fraction of sp³-hybridized carbons (Fsp3) is 0.636. The molecular weight excluding hydrogens is 245 g/mol. The lowest BCUT2D eigenvalue weighted by molar-refractivity contribution is -0.141. The van der Waals surface area contributed by atoms with Gasteiger partial charge < -0.3 is 10.2 Å². The highest BCUT2D eigenvalue weighted by molar-refractivity contribution is 5.33. The van der Waals surface area contributed by atoms with Gasteiger partial charge in [0.25, 0.3) is 0 Å². The van der Waals surface area contributed by atoms with Crippen molar-refractivity contribution >= 4 is 5.95 Å². The summed E-state index contributed by atoms with van der Waals surface area (Å²) in [6.07, 6.45) is -3.28. The van der Waals surface area contributed by atoms with Crippen LogP contribution in [0.25, 0.3) is 0 Å². The van der Waals surface area contributed by atoms with Crippen molar-refractivity contribution in [2.75, 3.05) is 24.5 Å². The average molecular weight is 260 g/mol. The van der Waals surface area contributed by atoms with Crippen molar-refractivity contribution in [3.05, 3.63) is 18.0 Å². The molecule has 0 spiro atoms. The number of aromatic nitrogens is 2. The maximum atomic E-state index is 12.6. The third-order valence-electron chi connectivity index (χ3n) is 2.79. The normalized spacial score (nSPS) is 19.9. The average Bonchev–Trinajstić information content (AvgIpc) is 2.27. The summed E-state index contributed by atoms with van der Waals surface area (Å²) in [7, 11) is 0. The van der Waals surface area contributed by atoms with Crippen LogP contribution in [0.5, 0.6) is 0 Å². The van der Waals surface area contributed by atoms with Gasteiger partial charge in [0, 0.05) is 31.4 Å². The van der Waals surface area contributed by atoms with Gasteiger partial charge in [-0.3, -0.25) is 0 Å². The van der Waals surface area contributed by atoms with Crippen molar-refractivity contribution in [1.29, 1.82) is 0 Å². The molecule has 1 aliphatic rings. The predicted octanol–water partition coefficient (Wildman–Crippen LogP) is 1.68. The minimum atomic E-state index is -4.43. The van der Waals surface area contributed by atoms with Crippen LogP contribution in [-0.4, -0.2) is 35.1 Å². The van der Waals surface area contributed by atoms with Gasteiger partial charge in [-0.05, 0) is 19.9 Å². The molecule has 1 saturated heterocycles. The van der Waals surface area contributed by atoms with E-state index in [1.165, 1.54) is 0 Å². The zero-order valence-corrected chi connectivity index (χ0v) is 10.3. The van der Waals surface area contributed by atoms with Crippen molar-refractivity contribution in [3.63, 3.8) is 0 Å². The van der Waals surface area contributed by atoms with Gasteiger partial charge in [0.15, 0.2) is 0 Å². The van der Waals surface area contributed by atoms with Crippen LogP contribution in [0.3, 0.4) is 0 Å². The molecule has 0 bridgehead atoms. The zero-order chi connectivity index (χ0) is 13.4. The number of hydrogen-bond donors (Lipinski definition) is 1. The first-order valence-corrected chi connectivity index (χ1v) is 5.68. The molecule has 2 rings (SSSR count). The van der Waals surface area contributed by atoms with E-state index in [-0.39, 0.29) is 11.5 Å². The molecule has 0 aromatic carbocycles. The standard InChI is InChI=1S/C11H15F3N4/c1-10(2)7-18(6-5-16-10)9-15-4-3-8(17-9)11(12,13)14/h3-4,16H,5-7H2,1-2H3. The van der Waals surface area contributed by atoms with Crippen molar-refractivity contribution in [2.24, 2.45) is 0 Å². The van der Waals surface area contributed by atoms with Crippen molar-refractivity contribution in [1.82, 2.24) is 15.3 Å². The van der Waals surface area contributed by atoms with Crippen molar-refractivity contribution < 1.29 is 13.2 Å². The third kappa shape index (κ3) is 2.90. The largest absolute Gasteiger partial charge is 0.433 e. The first kappa shape index (κ1) is 13.1. The first-order valence-electron chi connectivity index (χ1n) is 5.68. The van der Waals surface area contributed by atoms with Gasteiger partial charge in [-0.25, -0.2) is 9.97 Å². The minimum Gasteiger partial charge on any atom is -0.338 e.